The molecule has 0 atom stereocenters. The Balaban J connectivity index is 2.18. The molecule has 1 N–H and O–H groups in total. The minimum absolute atomic E-state index is 0.139. The van der Waals surface area contributed by atoms with E-state index in [1.54, 1.807) is 0 Å². The number of hydrogen-bond donors (Lipinski definition) is 1. The van der Waals surface area contributed by atoms with E-state index in [0.717, 1.165) is 5.69 Å². The SMILES string of the molecule is CSc1ncc(C(=O)Nc2nc(C)cs2)c(Cl)n1. The number of anilines is 1. The van der Waals surface area contributed by atoms with Crippen molar-refractivity contribution in [1.29, 1.82) is 0 Å². The van der Waals surface area contributed by atoms with Crippen molar-refractivity contribution < 1.29 is 4.79 Å². The maximum absolute atomic E-state index is 11.9. The summed E-state index contributed by atoms with van der Waals surface area (Å²) in [6.45, 7) is 1.86. The van der Waals surface area contributed by atoms with E-state index < -0.39 is 0 Å². The molecule has 0 bridgehead atoms. The van der Waals surface area contributed by atoms with Crippen LogP contribution in [0.1, 0.15) is 16.1 Å². The van der Waals surface area contributed by atoms with Gasteiger partial charge >= 0.3 is 0 Å². The number of thiazole rings is 1. The lowest BCUT2D eigenvalue weighted by Crippen LogP contribution is -2.13. The molecule has 5 nitrogen and oxygen atoms in total. The molecule has 0 aliphatic carbocycles. The van der Waals surface area contributed by atoms with Gasteiger partial charge in [-0.3, -0.25) is 10.1 Å². The Labute approximate surface area is 117 Å². The molecule has 18 heavy (non-hydrogen) atoms. The van der Waals surface area contributed by atoms with Gasteiger partial charge in [-0.2, -0.15) is 0 Å². The fourth-order valence-electron chi connectivity index (χ4n) is 1.17. The Bertz CT molecular complexity index is 587. The highest BCUT2D eigenvalue weighted by molar-refractivity contribution is 7.98. The number of halogens is 1. The van der Waals surface area contributed by atoms with Crippen LogP contribution in [0.3, 0.4) is 0 Å². The Kier molecular flexibility index (Phi) is 4.15. The molecule has 0 spiro atoms. The molecule has 0 radical (unpaired) electrons. The van der Waals surface area contributed by atoms with Gasteiger partial charge in [-0.15, -0.1) is 11.3 Å². The largest absolute Gasteiger partial charge is 0.298 e. The van der Waals surface area contributed by atoms with Gasteiger partial charge in [0.2, 0.25) is 0 Å². The van der Waals surface area contributed by atoms with Crippen LogP contribution in [-0.2, 0) is 0 Å². The Morgan fingerprint density at radius 3 is 2.83 bits per heavy atom. The van der Waals surface area contributed by atoms with Crippen molar-refractivity contribution in [3.63, 3.8) is 0 Å². The predicted octanol–water partition coefficient (Wildman–Crippen LogP) is 2.87. The molecule has 0 saturated heterocycles. The normalized spacial score (nSPS) is 10.4. The van der Waals surface area contributed by atoms with E-state index in [9.17, 15) is 4.79 Å². The van der Waals surface area contributed by atoms with Crippen LogP contribution < -0.4 is 5.32 Å². The molecule has 2 aromatic rings. The van der Waals surface area contributed by atoms with Gasteiger partial charge in [-0.05, 0) is 13.2 Å². The zero-order chi connectivity index (χ0) is 13.1. The lowest BCUT2D eigenvalue weighted by molar-refractivity contribution is 0.102. The number of carbonyl (C=O) groups excluding carboxylic acids is 1. The summed E-state index contributed by atoms with van der Waals surface area (Å²) in [5.74, 6) is -0.359. The average Bonchev–Trinajstić information content (AvgIpc) is 2.74. The maximum Gasteiger partial charge on any atom is 0.262 e. The molecule has 2 heterocycles. The first kappa shape index (κ1) is 13.3. The minimum Gasteiger partial charge on any atom is -0.298 e. The molecule has 0 fully saturated rings. The molecule has 0 aromatic carbocycles. The van der Waals surface area contributed by atoms with Gasteiger partial charge in [-0.1, -0.05) is 23.4 Å². The second-order valence-corrected chi connectivity index (χ2v) is 5.30. The summed E-state index contributed by atoms with van der Waals surface area (Å²) in [6.07, 6.45) is 3.25. The quantitative estimate of drug-likeness (QED) is 0.536. The molecule has 94 valence electrons. The first-order valence-corrected chi connectivity index (χ1v) is 7.38. The van der Waals surface area contributed by atoms with Gasteiger partial charge in [0.1, 0.15) is 5.15 Å². The number of thioether (sulfide) groups is 1. The molecular formula is C10H9ClN4OS2. The number of amides is 1. The number of hydrogen-bond acceptors (Lipinski definition) is 6. The van der Waals surface area contributed by atoms with Crippen molar-refractivity contribution in [2.75, 3.05) is 11.6 Å². The Morgan fingerprint density at radius 1 is 1.50 bits per heavy atom. The molecule has 8 heteroatoms. The van der Waals surface area contributed by atoms with Crippen LogP contribution in [0.15, 0.2) is 16.7 Å². The second kappa shape index (κ2) is 5.64. The van der Waals surface area contributed by atoms with Crippen LogP contribution in [0.25, 0.3) is 0 Å². The number of rotatable bonds is 3. The molecular weight excluding hydrogens is 292 g/mol. The summed E-state index contributed by atoms with van der Waals surface area (Å²) >= 11 is 8.65. The molecule has 2 rings (SSSR count). The lowest BCUT2D eigenvalue weighted by Gasteiger charge is -2.03. The van der Waals surface area contributed by atoms with E-state index in [4.69, 9.17) is 11.6 Å². The standard InChI is InChI=1S/C10H9ClN4OS2/c1-5-4-18-10(13-5)15-8(16)6-3-12-9(17-2)14-7(6)11/h3-4H,1-2H3,(H,13,15,16). The van der Waals surface area contributed by atoms with Crippen molar-refractivity contribution >= 4 is 45.7 Å². The third kappa shape index (κ3) is 2.98. The third-order valence-corrected chi connectivity index (χ3v) is 3.71. The Morgan fingerprint density at radius 2 is 2.28 bits per heavy atom. The second-order valence-electron chi connectivity index (χ2n) is 3.31. The maximum atomic E-state index is 11.9. The number of aryl methyl sites for hydroxylation is 1. The van der Waals surface area contributed by atoms with E-state index in [-0.39, 0.29) is 16.6 Å². The highest BCUT2D eigenvalue weighted by Gasteiger charge is 2.14. The van der Waals surface area contributed by atoms with Gasteiger partial charge in [0.25, 0.3) is 5.91 Å². The summed E-state index contributed by atoms with van der Waals surface area (Å²) in [7, 11) is 0. The predicted molar refractivity (Wildman–Crippen MR) is 73.6 cm³/mol. The van der Waals surface area contributed by atoms with Gasteiger partial charge in [-0.25, -0.2) is 15.0 Å². The number of nitrogens with zero attached hydrogens (tertiary/aromatic N) is 3. The molecule has 0 aliphatic rings. The zero-order valence-corrected chi connectivity index (χ0v) is 12.0. The van der Waals surface area contributed by atoms with Crippen molar-refractivity contribution in [2.45, 2.75) is 12.1 Å². The first-order valence-electron chi connectivity index (χ1n) is 4.90. The van der Waals surface area contributed by atoms with E-state index in [0.29, 0.717) is 10.3 Å². The number of aromatic nitrogens is 3. The van der Waals surface area contributed by atoms with Gasteiger partial charge in [0.05, 0.1) is 11.3 Å². The van der Waals surface area contributed by atoms with E-state index >= 15 is 0 Å². The van der Waals surface area contributed by atoms with Gasteiger partial charge in [0.15, 0.2) is 10.3 Å². The highest BCUT2D eigenvalue weighted by Crippen LogP contribution is 2.19. The first-order chi connectivity index (χ1) is 8.60. The summed E-state index contributed by atoms with van der Waals surface area (Å²) in [5, 5.41) is 5.70. The average molecular weight is 301 g/mol. The van der Waals surface area contributed by atoms with Crippen molar-refractivity contribution in [3.05, 3.63) is 28.0 Å². The van der Waals surface area contributed by atoms with Crippen LogP contribution in [0, 0.1) is 6.92 Å². The van der Waals surface area contributed by atoms with E-state index in [2.05, 4.69) is 20.3 Å². The highest BCUT2D eigenvalue weighted by atomic mass is 35.5. The monoisotopic (exact) mass is 300 g/mol. The summed E-state index contributed by atoms with van der Waals surface area (Å²) in [6, 6.07) is 0. The van der Waals surface area contributed by atoms with Gasteiger partial charge in [0, 0.05) is 11.6 Å². The van der Waals surface area contributed by atoms with E-state index in [1.165, 1.54) is 29.3 Å². The topological polar surface area (TPSA) is 67.8 Å². The summed E-state index contributed by atoms with van der Waals surface area (Å²) in [5.41, 5.74) is 1.10. The molecule has 0 aliphatic heterocycles. The van der Waals surface area contributed by atoms with Crippen molar-refractivity contribution in [1.82, 2.24) is 15.0 Å². The third-order valence-electron chi connectivity index (χ3n) is 1.99. The van der Waals surface area contributed by atoms with Crippen LogP contribution in [0.4, 0.5) is 5.13 Å². The van der Waals surface area contributed by atoms with Crippen LogP contribution in [-0.4, -0.2) is 27.1 Å². The van der Waals surface area contributed by atoms with Crippen molar-refractivity contribution in [2.24, 2.45) is 0 Å². The van der Waals surface area contributed by atoms with Crippen molar-refractivity contribution in [3.8, 4) is 0 Å². The molecule has 1 amide bonds. The van der Waals surface area contributed by atoms with Gasteiger partial charge < -0.3 is 0 Å². The fraction of sp³-hybridized carbons (Fsp3) is 0.200. The molecule has 0 unspecified atom stereocenters. The minimum atomic E-state index is -0.359. The fourth-order valence-corrected chi connectivity index (χ4v) is 2.46. The van der Waals surface area contributed by atoms with Crippen LogP contribution >= 0.6 is 34.7 Å². The Hall–Kier alpha value is -1.18. The smallest absolute Gasteiger partial charge is 0.262 e. The summed E-state index contributed by atoms with van der Waals surface area (Å²) < 4.78 is 0. The van der Waals surface area contributed by atoms with Crippen LogP contribution in [0.5, 0.6) is 0 Å². The molecule has 0 saturated carbocycles. The van der Waals surface area contributed by atoms with E-state index in [1.807, 2.05) is 18.6 Å². The number of carbonyl (C=O) groups is 1. The number of nitrogens with one attached hydrogen (secondary N) is 1. The summed E-state index contributed by atoms with van der Waals surface area (Å²) in [4.78, 5) is 24.1. The van der Waals surface area contributed by atoms with Crippen LogP contribution in [0.2, 0.25) is 5.15 Å². The molecule has 2 aromatic heterocycles. The zero-order valence-electron chi connectivity index (χ0n) is 9.60. The lowest BCUT2D eigenvalue weighted by atomic mass is 10.3.